The Balaban J connectivity index is 1.70. The number of ether oxygens (including phenoxy) is 2. The Hall–Kier alpha value is -1.57. The molecule has 1 aromatic carbocycles. The second kappa shape index (κ2) is 7.78. The first-order valence-corrected chi connectivity index (χ1v) is 11.5. The molecule has 1 aromatic rings. The normalized spacial score (nSPS) is 24.9. The van der Waals surface area contributed by atoms with Crippen molar-refractivity contribution in [1.82, 2.24) is 4.90 Å². The monoisotopic (exact) mass is 429 g/mol. The first kappa shape index (κ1) is 22.6. The van der Waals surface area contributed by atoms with Crippen LogP contribution in [0.25, 0.3) is 0 Å². The Bertz CT molecular complexity index is 844. The van der Waals surface area contributed by atoms with E-state index in [0.29, 0.717) is 19.8 Å². The molecule has 1 amide bonds. The highest BCUT2D eigenvalue weighted by molar-refractivity contribution is 6.62. The standard InChI is InChI=1S/C24H36BNO5/c1-22(2,3)29-21(27)26-11-8-9-20(26)18-14-17(13-16-10-12-28-15-19(16)18)25-30-23(4,5)24(6,7)31-25/h13-14,20H,8-12,15H2,1-7H3/t20-/m0/s1. The summed E-state index contributed by atoms with van der Waals surface area (Å²) in [6.45, 7) is 16.0. The summed E-state index contributed by atoms with van der Waals surface area (Å²) in [7, 11) is -0.423. The van der Waals surface area contributed by atoms with Gasteiger partial charge in [0.1, 0.15) is 5.60 Å². The molecule has 4 rings (SSSR count). The van der Waals surface area contributed by atoms with Crippen molar-refractivity contribution >= 4 is 18.7 Å². The fourth-order valence-corrected chi connectivity index (χ4v) is 4.58. The number of carbonyl (C=O) groups excluding carboxylic acids is 1. The molecule has 2 saturated heterocycles. The smallest absolute Gasteiger partial charge is 0.444 e. The molecule has 2 fully saturated rings. The van der Waals surface area contributed by atoms with Crippen LogP contribution < -0.4 is 5.46 Å². The number of fused-ring (bicyclic) bond motifs is 1. The highest BCUT2D eigenvalue weighted by Gasteiger charge is 2.52. The molecule has 31 heavy (non-hydrogen) atoms. The minimum atomic E-state index is -0.517. The Morgan fingerprint density at radius 2 is 1.84 bits per heavy atom. The van der Waals surface area contributed by atoms with Crippen molar-refractivity contribution in [3.8, 4) is 0 Å². The summed E-state index contributed by atoms with van der Waals surface area (Å²) in [5.74, 6) is 0. The van der Waals surface area contributed by atoms with E-state index in [2.05, 4.69) is 39.8 Å². The summed E-state index contributed by atoms with van der Waals surface area (Å²) in [4.78, 5) is 14.8. The van der Waals surface area contributed by atoms with Crippen molar-refractivity contribution in [3.63, 3.8) is 0 Å². The van der Waals surface area contributed by atoms with Gasteiger partial charge in [-0.2, -0.15) is 0 Å². The van der Waals surface area contributed by atoms with E-state index in [4.69, 9.17) is 18.8 Å². The van der Waals surface area contributed by atoms with Crippen LogP contribution in [0.3, 0.4) is 0 Å². The maximum Gasteiger partial charge on any atom is 0.494 e. The third-order valence-electron chi connectivity index (χ3n) is 6.93. The maximum atomic E-state index is 12.9. The molecule has 0 radical (unpaired) electrons. The molecule has 0 aromatic heterocycles. The topological polar surface area (TPSA) is 57.2 Å². The summed E-state index contributed by atoms with van der Waals surface area (Å²) in [5, 5.41) is 0. The quantitative estimate of drug-likeness (QED) is 0.662. The summed E-state index contributed by atoms with van der Waals surface area (Å²) in [5.41, 5.74) is 3.32. The number of nitrogens with zero attached hydrogens (tertiary/aromatic N) is 1. The summed E-state index contributed by atoms with van der Waals surface area (Å²) >= 11 is 0. The number of carbonyl (C=O) groups is 1. The molecule has 0 N–H and O–H groups in total. The molecule has 0 unspecified atom stereocenters. The van der Waals surface area contributed by atoms with Gasteiger partial charge in [0.15, 0.2) is 0 Å². The van der Waals surface area contributed by atoms with Crippen molar-refractivity contribution in [3.05, 3.63) is 28.8 Å². The van der Waals surface area contributed by atoms with Crippen molar-refractivity contribution in [2.75, 3.05) is 13.2 Å². The zero-order chi connectivity index (χ0) is 22.6. The first-order valence-electron chi connectivity index (χ1n) is 11.5. The van der Waals surface area contributed by atoms with Gasteiger partial charge in [-0.3, -0.25) is 0 Å². The van der Waals surface area contributed by atoms with Gasteiger partial charge in [-0.1, -0.05) is 12.1 Å². The highest BCUT2D eigenvalue weighted by Crippen LogP contribution is 2.39. The van der Waals surface area contributed by atoms with E-state index >= 15 is 0 Å². The second-order valence-electron chi connectivity index (χ2n) is 11.0. The number of amides is 1. The molecule has 7 heteroatoms. The lowest BCUT2D eigenvalue weighted by molar-refractivity contribution is 0.00578. The van der Waals surface area contributed by atoms with Gasteiger partial charge in [-0.15, -0.1) is 0 Å². The summed E-state index contributed by atoms with van der Waals surface area (Å²) in [6, 6.07) is 4.35. The predicted octanol–water partition coefficient (Wildman–Crippen LogP) is 4.13. The molecule has 0 bridgehead atoms. The minimum absolute atomic E-state index is 0.0207. The SMILES string of the molecule is CC(C)(C)OC(=O)N1CCC[C@H]1c1cc(B2OC(C)(C)C(C)(C)O2)cc2c1COCC2. The van der Waals surface area contributed by atoms with Crippen LogP contribution in [0.5, 0.6) is 0 Å². The summed E-state index contributed by atoms with van der Waals surface area (Å²) < 4.78 is 24.2. The number of likely N-dealkylation sites (tertiary alicyclic amines) is 1. The van der Waals surface area contributed by atoms with E-state index in [-0.39, 0.29) is 12.1 Å². The third-order valence-corrected chi connectivity index (χ3v) is 6.93. The van der Waals surface area contributed by atoms with E-state index in [0.717, 1.165) is 30.3 Å². The first-order chi connectivity index (χ1) is 14.4. The summed E-state index contributed by atoms with van der Waals surface area (Å²) in [6.07, 6.45) is 2.48. The second-order valence-corrected chi connectivity index (χ2v) is 11.0. The number of hydrogen-bond donors (Lipinski definition) is 0. The van der Waals surface area contributed by atoms with Gasteiger partial charge in [0, 0.05) is 6.54 Å². The van der Waals surface area contributed by atoms with Gasteiger partial charge in [0.05, 0.1) is 30.5 Å². The van der Waals surface area contributed by atoms with Crippen molar-refractivity contribution < 1.29 is 23.6 Å². The molecule has 0 saturated carbocycles. The van der Waals surface area contributed by atoms with Gasteiger partial charge in [-0.05, 0) is 89.9 Å². The van der Waals surface area contributed by atoms with Crippen LogP contribution in [0.1, 0.15) is 84.0 Å². The zero-order valence-electron chi connectivity index (χ0n) is 20.0. The molecular formula is C24H36BNO5. The van der Waals surface area contributed by atoms with Gasteiger partial charge in [0.25, 0.3) is 0 Å². The van der Waals surface area contributed by atoms with E-state index < -0.39 is 23.9 Å². The molecular weight excluding hydrogens is 393 g/mol. The van der Waals surface area contributed by atoms with E-state index in [1.807, 2.05) is 25.7 Å². The lowest BCUT2D eigenvalue weighted by Crippen LogP contribution is -2.41. The van der Waals surface area contributed by atoms with Gasteiger partial charge in [0.2, 0.25) is 0 Å². The van der Waals surface area contributed by atoms with Crippen LogP contribution in [0.4, 0.5) is 4.79 Å². The highest BCUT2D eigenvalue weighted by atomic mass is 16.7. The Labute approximate surface area is 186 Å². The van der Waals surface area contributed by atoms with Crippen LogP contribution in [0.2, 0.25) is 0 Å². The van der Waals surface area contributed by atoms with Crippen LogP contribution in [0.15, 0.2) is 12.1 Å². The lowest BCUT2D eigenvalue weighted by Gasteiger charge is -2.32. The van der Waals surface area contributed by atoms with E-state index in [1.54, 1.807) is 0 Å². The molecule has 3 heterocycles. The average Bonchev–Trinajstić information content (AvgIpc) is 3.22. The molecule has 0 spiro atoms. The van der Waals surface area contributed by atoms with Crippen LogP contribution in [-0.4, -0.2) is 48.1 Å². The molecule has 3 aliphatic rings. The van der Waals surface area contributed by atoms with Crippen LogP contribution in [0, 0.1) is 0 Å². The Morgan fingerprint density at radius 1 is 1.16 bits per heavy atom. The van der Waals surface area contributed by atoms with Crippen molar-refractivity contribution in [2.45, 2.75) is 97.2 Å². The van der Waals surface area contributed by atoms with Gasteiger partial charge >= 0.3 is 13.2 Å². The zero-order valence-corrected chi connectivity index (χ0v) is 20.0. The third kappa shape index (κ3) is 4.37. The molecule has 1 atom stereocenters. The largest absolute Gasteiger partial charge is 0.494 e. The van der Waals surface area contributed by atoms with Crippen molar-refractivity contribution in [2.24, 2.45) is 0 Å². The number of hydrogen-bond acceptors (Lipinski definition) is 5. The number of rotatable bonds is 2. The van der Waals surface area contributed by atoms with E-state index in [9.17, 15) is 4.79 Å². The van der Waals surface area contributed by atoms with Crippen molar-refractivity contribution in [1.29, 1.82) is 0 Å². The fraction of sp³-hybridized carbons (Fsp3) is 0.708. The van der Waals surface area contributed by atoms with Gasteiger partial charge < -0.3 is 23.7 Å². The molecule has 6 nitrogen and oxygen atoms in total. The molecule has 3 aliphatic heterocycles. The number of benzene rings is 1. The Morgan fingerprint density at radius 3 is 2.48 bits per heavy atom. The minimum Gasteiger partial charge on any atom is -0.444 e. The lowest BCUT2D eigenvalue weighted by atomic mass is 9.75. The van der Waals surface area contributed by atoms with Gasteiger partial charge in [-0.25, -0.2) is 4.79 Å². The van der Waals surface area contributed by atoms with E-state index in [1.165, 1.54) is 11.1 Å². The van der Waals surface area contributed by atoms with Crippen LogP contribution >= 0.6 is 0 Å². The average molecular weight is 429 g/mol. The molecule has 0 aliphatic carbocycles. The molecule has 170 valence electrons. The van der Waals surface area contributed by atoms with Crippen LogP contribution in [-0.2, 0) is 31.8 Å². The predicted molar refractivity (Wildman–Crippen MR) is 120 cm³/mol. The maximum absolute atomic E-state index is 12.9. The Kier molecular flexibility index (Phi) is 5.68. The fourth-order valence-electron chi connectivity index (χ4n) is 4.58.